The molecule has 3 aromatic rings. The van der Waals surface area contributed by atoms with Crippen LogP contribution < -0.4 is 10.7 Å². The highest BCUT2D eigenvalue weighted by Crippen LogP contribution is 2.36. The summed E-state index contributed by atoms with van der Waals surface area (Å²) >= 11 is 0. The van der Waals surface area contributed by atoms with Gasteiger partial charge >= 0.3 is 5.97 Å². The van der Waals surface area contributed by atoms with Crippen molar-refractivity contribution in [2.75, 3.05) is 6.54 Å². The van der Waals surface area contributed by atoms with Gasteiger partial charge in [-0.3, -0.25) is 14.4 Å². The van der Waals surface area contributed by atoms with Gasteiger partial charge in [-0.15, -0.1) is 0 Å². The first-order valence-electron chi connectivity index (χ1n) is 10.0. The number of nitrogens with one attached hydrogen (secondary N) is 1. The van der Waals surface area contributed by atoms with Crippen molar-refractivity contribution >= 4 is 33.7 Å². The van der Waals surface area contributed by atoms with Gasteiger partial charge in [-0.2, -0.15) is 0 Å². The Morgan fingerprint density at radius 3 is 2.03 bits per heavy atom. The molecule has 0 radical (unpaired) electrons. The van der Waals surface area contributed by atoms with E-state index in [1.165, 1.54) is 0 Å². The Bertz CT molecular complexity index is 1080. The van der Waals surface area contributed by atoms with Crippen LogP contribution in [-0.2, 0) is 16.1 Å². The third-order valence-electron chi connectivity index (χ3n) is 6.07. The number of rotatable bonds is 5. The zero-order valence-corrected chi connectivity index (χ0v) is 16.2. The molecule has 1 aliphatic carbocycles. The topological polar surface area (TPSA) is 88.4 Å². The number of pyridine rings is 1. The predicted octanol–water partition coefficient (Wildman–Crippen LogP) is 3.31. The molecular formula is C23H24N2O4. The van der Waals surface area contributed by atoms with Gasteiger partial charge in [-0.05, 0) is 37.1 Å². The molecule has 1 aromatic heterocycles. The zero-order valence-electron chi connectivity index (χ0n) is 16.2. The summed E-state index contributed by atoms with van der Waals surface area (Å²) in [5.74, 6) is -1.09. The summed E-state index contributed by atoms with van der Waals surface area (Å²) in [5.41, 5.74) is 0.454. The number of carbonyl (C=O) groups is 2. The van der Waals surface area contributed by atoms with Crippen molar-refractivity contribution in [1.82, 2.24) is 9.88 Å². The maximum absolute atomic E-state index is 12.8. The molecule has 1 fully saturated rings. The SMILES string of the molecule is O=C(Cn1c2ccccc2c(=O)c2ccccc21)NCC1(C(=O)O)CCCCC1. The number of aliphatic carboxylic acids is 1. The molecule has 0 bridgehead atoms. The van der Waals surface area contributed by atoms with Crippen LogP contribution in [0.15, 0.2) is 53.3 Å². The van der Waals surface area contributed by atoms with Crippen molar-refractivity contribution in [3.05, 3.63) is 58.8 Å². The molecule has 0 aliphatic heterocycles. The van der Waals surface area contributed by atoms with Crippen LogP contribution in [-0.4, -0.2) is 28.1 Å². The van der Waals surface area contributed by atoms with Crippen LogP contribution in [0.1, 0.15) is 32.1 Å². The molecule has 4 rings (SSSR count). The summed E-state index contributed by atoms with van der Waals surface area (Å²) < 4.78 is 1.83. The lowest BCUT2D eigenvalue weighted by molar-refractivity contribution is -0.151. The van der Waals surface area contributed by atoms with Crippen LogP contribution >= 0.6 is 0 Å². The second-order valence-electron chi connectivity index (χ2n) is 7.87. The van der Waals surface area contributed by atoms with Crippen molar-refractivity contribution < 1.29 is 14.7 Å². The minimum absolute atomic E-state index is 0.0248. The van der Waals surface area contributed by atoms with E-state index in [0.717, 1.165) is 19.3 Å². The number of benzene rings is 2. The number of fused-ring (bicyclic) bond motifs is 2. The average Bonchev–Trinajstić information content (AvgIpc) is 2.76. The molecule has 1 aliphatic rings. The van der Waals surface area contributed by atoms with Crippen molar-refractivity contribution in [1.29, 1.82) is 0 Å². The number of hydrogen-bond donors (Lipinski definition) is 2. The number of aromatic nitrogens is 1. The van der Waals surface area contributed by atoms with Crippen LogP contribution in [0, 0.1) is 5.41 Å². The highest BCUT2D eigenvalue weighted by molar-refractivity contribution is 5.94. The molecule has 1 heterocycles. The number of amides is 1. The predicted molar refractivity (Wildman–Crippen MR) is 112 cm³/mol. The molecule has 0 spiro atoms. The summed E-state index contributed by atoms with van der Waals surface area (Å²) in [5, 5.41) is 13.7. The fourth-order valence-corrected chi connectivity index (χ4v) is 4.41. The fraction of sp³-hybridized carbons (Fsp3) is 0.348. The molecule has 1 amide bonds. The van der Waals surface area contributed by atoms with Gasteiger partial charge in [0.15, 0.2) is 5.43 Å². The molecule has 6 nitrogen and oxygen atoms in total. The van der Waals surface area contributed by atoms with Gasteiger partial charge in [0.05, 0.1) is 16.4 Å². The van der Waals surface area contributed by atoms with Gasteiger partial charge in [0.1, 0.15) is 6.54 Å². The lowest BCUT2D eigenvalue weighted by Crippen LogP contribution is -2.45. The van der Waals surface area contributed by atoms with Gasteiger partial charge in [0, 0.05) is 17.3 Å². The van der Waals surface area contributed by atoms with E-state index in [2.05, 4.69) is 5.32 Å². The molecule has 29 heavy (non-hydrogen) atoms. The Morgan fingerprint density at radius 1 is 0.931 bits per heavy atom. The molecule has 1 saturated carbocycles. The first-order chi connectivity index (χ1) is 14.0. The molecule has 6 heteroatoms. The largest absolute Gasteiger partial charge is 0.481 e. The van der Waals surface area contributed by atoms with Crippen molar-refractivity contribution in [2.45, 2.75) is 38.6 Å². The van der Waals surface area contributed by atoms with E-state index in [4.69, 9.17) is 0 Å². The second-order valence-corrected chi connectivity index (χ2v) is 7.87. The molecule has 0 atom stereocenters. The van der Waals surface area contributed by atoms with E-state index in [1.54, 1.807) is 12.1 Å². The minimum atomic E-state index is -0.873. The van der Waals surface area contributed by atoms with Gasteiger partial charge in [-0.1, -0.05) is 43.5 Å². The van der Waals surface area contributed by atoms with E-state index < -0.39 is 11.4 Å². The molecule has 0 saturated heterocycles. The Labute approximate surface area is 168 Å². The molecule has 150 valence electrons. The van der Waals surface area contributed by atoms with Gasteiger partial charge < -0.3 is 15.0 Å². The number of para-hydroxylation sites is 2. The highest BCUT2D eigenvalue weighted by atomic mass is 16.4. The highest BCUT2D eigenvalue weighted by Gasteiger charge is 2.39. The quantitative estimate of drug-likeness (QED) is 0.652. The summed E-state index contributed by atoms with van der Waals surface area (Å²) in [4.78, 5) is 37.4. The van der Waals surface area contributed by atoms with E-state index in [9.17, 15) is 19.5 Å². The number of nitrogens with zero attached hydrogens (tertiary/aromatic N) is 1. The normalized spacial score (nSPS) is 16.0. The van der Waals surface area contributed by atoms with Crippen LogP contribution in [0.3, 0.4) is 0 Å². The first kappa shape index (κ1) is 19.2. The van der Waals surface area contributed by atoms with Crippen LogP contribution in [0.25, 0.3) is 21.8 Å². The zero-order chi connectivity index (χ0) is 20.4. The van der Waals surface area contributed by atoms with Crippen LogP contribution in [0.2, 0.25) is 0 Å². The van der Waals surface area contributed by atoms with Gasteiger partial charge in [-0.25, -0.2) is 0 Å². The summed E-state index contributed by atoms with van der Waals surface area (Å²) in [6.07, 6.45) is 3.96. The Morgan fingerprint density at radius 2 is 1.48 bits per heavy atom. The number of carboxylic acid groups (broad SMARTS) is 1. The average molecular weight is 392 g/mol. The Hall–Kier alpha value is -3.15. The maximum atomic E-state index is 12.8. The lowest BCUT2D eigenvalue weighted by atomic mass is 9.74. The summed E-state index contributed by atoms with van der Waals surface area (Å²) in [6, 6.07) is 14.5. The number of carbonyl (C=O) groups excluding carboxylic acids is 1. The fourth-order valence-electron chi connectivity index (χ4n) is 4.41. The minimum Gasteiger partial charge on any atom is -0.481 e. The van der Waals surface area contributed by atoms with Gasteiger partial charge in [0.25, 0.3) is 0 Å². The molecule has 2 N–H and O–H groups in total. The lowest BCUT2D eigenvalue weighted by Gasteiger charge is -2.33. The monoisotopic (exact) mass is 392 g/mol. The third-order valence-corrected chi connectivity index (χ3v) is 6.07. The molecular weight excluding hydrogens is 368 g/mol. The van der Waals surface area contributed by atoms with E-state index in [0.29, 0.717) is 34.6 Å². The molecule has 0 unspecified atom stereocenters. The Kier molecular flexibility index (Phi) is 5.09. The second kappa shape index (κ2) is 7.70. The van der Waals surface area contributed by atoms with Crippen LogP contribution in [0.4, 0.5) is 0 Å². The van der Waals surface area contributed by atoms with Gasteiger partial charge in [0.2, 0.25) is 5.91 Å². The maximum Gasteiger partial charge on any atom is 0.311 e. The molecule has 2 aromatic carbocycles. The van der Waals surface area contributed by atoms with Crippen molar-refractivity contribution in [3.63, 3.8) is 0 Å². The third kappa shape index (κ3) is 3.50. The standard InChI is InChI=1S/C23H24N2O4/c26-20(24-15-23(22(28)29)12-6-1-7-13-23)14-25-18-10-4-2-8-16(18)21(27)17-9-3-5-11-19(17)25/h2-5,8-11H,1,6-7,12-15H2,(H,24,26)(H,28,29). The smallest absolute Gasteiger partial charge is 0.311 e. The Balaban J connectivity index is 1.65. The first-order valence-corrected chi connectivity index (χ1v) is 10.0. The van der Waals surface area contributed by atoms with E-state index >= 15 is 0 Å². The van der Waals surface area contributed by atoms with Crippen molar-refractivity contribution in [3.8, 4) is 0 Å². The summed E-state index contributed by atoms with van der Waals surface area (Å²) in [6.45, 7) is 0.161. The number of hydrogen-bond acceptors (Lipinski definition) is 3. The summed E-state index contributed by atoms with van der Waals surface area (Å²) in [7, 11) is 0. The van der Waals surface area contributed by atoms with E-state index in [1.807, 2.05) is 41.0 Å². The van der Waals surface area contributed by atoms with Crippen LogP contribution in [0.5, 0.6) is 0 Å². The van der Waals surface area contributed by atoms with E-state index in [-0.39, 0.29) is 24.4 Å². The van der Waals surface area contributed by atoms with Crippen molar-refractivity contribution in [2.24, 2.45) is 5.41 Å². The number of carboxylic acids is 1.